The van der Waals surface area contributed by atoms with Crippen LogP contribution in [0.15, 0.2) is 65.9 Å². The van der Waals surface area contributed by atoms with E-state index in [1.54, 1.807) is 25.1 Å². The second-order valence-corrected chi connectivity index (χ2v) is 9.32. The first-order valence-electron chi connectivity index (χ1n) is 12.2. The molecule has 3 aromatic heterocycles. The predicted octanol–water partition coefficient (Wildman–Crippen LogP) is 3.41. The number of pyridine rings is 1. The number of carbonyl (C=O) groups excluding carboxylic acids is 2. The number of likely N-dealkylation sites (tertiary alicyclic amines) is 1. The van der Waals surface area contributed by atoms with E-state index in [0.29, 0.717) is 40.0 Å². The second-order valence-electron chi connectivity index (χ2n) is 9.32. The van der Waals surface area contributed by atoms with E-state index in [0.717, 1.165) is 5.56 Å². The Morgan fingerprint density at radius 1 is 1.11 bits per heavy atom. The Morgan fingerprint density at radius 2 is 1.79 bits per heavy atom. The zero-order valence-corrected chi connectivity index (χ0v) is 21.8. The van der Waals surface area contributed by atoms with Crippen molar-refractivity contribution in [3.05, 3.63) is 77.0 Å². The Bertz CT molecular complexity index is 1560. The van der Waals surface area contributed by atoms with Crippen LogP contribution in [0.2, 0.25) is 0 Å². The molecule has 0 atom stereocenters. The first-order chi connectivity index (χ1) is 18.2. The van der Waals surface area contributed by atoms with Gasteiger partial charge in [0.1, 0.15) is 24.1 Å². The zero-order chi connectivity index (χ0) is 27.4. The molecule has 196 valence electrons. The number of nitrogens with one attached hydrogen (secondary N) is 1. The summed E-state index contributed by atoms with van der Waals surface area (Å²) in [6, 6.07) is 9.95. The maximum absolute atomic E-state index is 12.8. The van der Waals surface area contributed by atoms with Crippen molar-refractivity contribution in [2.75, 3.05) is 31.2 Å². The summed E-state index contributed by atoms with van der Waals surface area (Å²) < 4.78 is 3.24. The Balaban J connectivity index is 0.000000494. The van der Waals surface area contributed by atoms with E-state index < -0.39 is 5.56 Å². The molecule has 5 rings (SSSR count). The zero-order valence-electron chi connectivity index (χ0n) is 21.8. The molecule has 1 amide bonds. The summed E-state index contributed by atoms with van der Waals surface area (Å²) in [5, 5.41) is 3.28. The Hall–Kier alpha value is -4.57. The van der Waals surface area contributed by atoms with Crippen LogP contribution in [0.3, 0.4) is 0 Å². The van der Waals surface area contributed by atoms with Crippen LogP contribution in [-0.4, -0.2) is 56.3 Å². The summed E-state index contributed by atoms with van der Waals surface area (Å²) in [6.07, 6.45) is 6.33. The highest BCUT2D eigenvalue weighted by molar-refractivity contribution is 6.03. The van der Waals surface area contributed by atoms with Crippen LogP contribution in [0.4, 0.5) is 11.5 Å². The number of hydrogen-bond acceptors (Lipinski definition) is 7. The molecule has 0 radical (unpaired) electrons. The van der Waals surface area contributed by atoms with Gasteiger partial charge in [-0.15, -0.1) is 0 Å². The number of hydrogen-bond donors (Lipinski definition) is 2. The topological polar surface area (TPSA) is 128 Å². The van der Waals surface area contributed by atoms with Crippen molar-refractivity contribution in [1.82, 2.24) is 24.0 Å². The van der Waals surface area contributed by atoms with Gasteiger partial charge in [-0.2, -0.15) is 0 Å². The summed E-state index contributed by atoms with van der Waals surface area (Å²) in [5.41, 5.74) is 9.55. The molecule has 0 bridgehead atoms. The summed E-state index contributed by atoms with van der Waals surface area (Å²) in [4.78, 5) is 46.6. The van der Waals surface area contributed by atoms with Gasteiger partial charge in [-0.25, -0.2) is 9.97 Å². The average Bonchev–Trinajstić information content (AvgIpc) is 3.50. The van der Waals surface area contributed by atoms with Crippen molar-refractivity contribution in [3.63, 3.8) is 0 Å². The molecule has 38 heavy (non-hydrogen) atoms. The third-order valence-electron chi connectivity index (χ3n) is 6.42. The number of benzene rings is 1. The Kier molecular flexibility index (Phi) is 7.82. The number of nitrogens with zero attached hydrogens (tertiary/aromatic N) is 5. The molecule has 0 spiro atoms. The SMILES string of the molecule is C=C(C)C(=O)Nc1ccc(-c2c(-n3ccc(C=O)cc3=O)c3c(N)ncnc3n2C)cc1.CN1CCCC1. The Labute approximate surface area is 220 Å². The maximum Gasteiger partial charge on any atom is 0.255 e. The first kappa shape index (κ1) is 26.5. The molecule has 4 aromatic rings. The van der Waals surface area contributed by atoms with Crippen LogP contribution in [0, 0.1) is 0 Å². The van der Waals surface area contributed by atoms with Gasteiger partial charge in [0.15, 0.2) is 0 Å². The average molecular weight is 514 g/mol. The lowest BCUT2D eigenvalue weighted by atomic mass is 10.1. The van der Waals surface area contributed by atoms with Gasteiger partial charge in [-0.1, -0.05) is 18.7 Å². The molecule has 0 unspecified atom stereocenters. The van der Waals surface area contributed by atoms with E-state index in [1.807, 2.05) is 23.7 Å². The molecular formula is C28H31N7O3. The fourth-order valence-corrected chi connectivity index (χ4v) is 4.40. The fraction of sp³-hybridized carbons (Fsp3) is 0.250. The van der Waals surface area contributed by atoms with Crippen molar-refractivity contribution in [2.24, 2.45) is 7.05 Å². The number of carbonyl (C=O) groups is 2. The maximum atomic E-state index is 12.8. The number of aldehydes is 1. The van der Waals surface area contributed by atoms with E-state index in [9.17, 15) is 14.4 Å². The highest BCUT2D eigenvalue weighted by Gasteiger charge is 2.22. The van der Waals surface area contributed by atoms with Crippen molar-refractivity contribution in [2.45, 2.75) is 19.8 Å². The second kappa shape index (κ2) is 11.2. The highest BCUT2D eigenvalue weighted by atomic mass is 16.1. The highest BCUT2D eigenvalue weighted by Crippen LogP contribution is 2.37. The lowest BCUT2D eigenvalue weighted by molar-refractivity contribution is -0.112. The molecule has 0 saturated carbocycles. The van der Waals surface area contributed by atoms with Gasteiger partial charge < -0.3 is 20.5 Å². The van der Waals surface area contributed by atoms with E-state index in [2.05, 4.69) is 33.8 Å². The number of nitrogens with two attached hydrogens (primary N) is 1. The number of amides is 1. The van der Waals surface area contributed by atoms with Gasteiger partial charge in [0.2, 0.25) is 0 Å². The molecular weight excluding hydrogens is 482 g/mol. The summed E-state index contributed by atoms with van der Waals surface area (Å²) in [7, 11) is 3.99. The number of aromatic nitrogens is 4. The largest absolute Gasteiger partial charge is 0.383 e. The number of nitrogen functional groups attached to an aromatic ring is 1. The molecule has 0 aliphatic carbocycles. The minimum Gasteiger partial charge on any atom is -0.383 e. The normalized spacial score (nSPS) is 13.1. The molecule has 1 aliphatic heterocycles. The predicted molar refractivity (Wildman–Crippen MR) is 150 cm³/mol. The summed E-state index contributed by atoms with van der Waals surface area (Å²) >= 11 is 0. The first-order valence-corrected chi connectivity index (χ1v) is 12.2. The molecule has 1 saturated heterocycles. The third-order valence-corrected chi connectivity index (χ3v) is 6.42. The van der Waals surface area contributed by atoms with E-state index in [4.69, 9.17) is 5.73 Å². The summed E-state index contributed by atoms with van der Waals surface area (Å²) in [5.74, 6) is -0.0449. The van der Waals surface area contributed by atoms with Gasteiger partial charge >= 0.3 is 0 Å². The standard InChI is InChI=1S/C23H20N6O3.C5H11N/c1-13(2)23(32)27-16-6-4-15(5-7-16)19-20(29-9-8-14(11-30)10-17(29)31)18-21(24)25-12-26-22(18)28(19)3;1-6-4-2-3-5-6/h4-12H,1H2,2-3H3,(H,27,32)(H2,24,25,26);2-5H2,1H3. The molecule has 10 heteroatoms. The van der Waals surface area contributed by atoms with Crippen molar-refractivity contribution in [1.29, 1.82) is 0 Å². The van der Waals surface area contributed by atoms with Gasteiger partial charge in [0.05, 0.1) is 16.8 Å². The van der Waals surface area contributed by atoms with Crippen LogP contribution in [0.25, 0.3) is 28.0 Å². The van der Waals surface area contributed by atoms with Gasteiger partial charge in [-0.3, -0.25) is 19.0 Å². The van der Waals surface area contributed by atoms with Crippen molar-refractivity contribution >= 4 is 34.7 Å². The lowest BCUT2D eigenvalue weighted by Crippen LogP contribution is -2.18. The molecule has 1 fully saturated rings. The number of anilines is 2. The van der Waals surface area contributed by atoms with Gasteiger partial charge in [0, 0.05) is 41.7 Å². The van der Waals surface area contributed by atoms with E-state index in [-0.39, 0.29) is 17.3 Å². The molecule has 1 aliphatic rings. The molecule has 1 aromatic carbocycles. The molecule has 4 heterocycles. The third kappa shape index (κ3) is 5.40. The quantitative estimate of drug-likeness (QED) is 0.309. The van der Waals surface area contributed by atoms with Gasteiger partial charge in [0.25, 0.3) is 11.5 Å². The van der Waals surface area contributed by atoms with Crippen LogP contribution >= 0.6 is 0 Å². The minimum atomic E-state index is -0.392. The number of aryl methyl sites for hydroxylation is 1. The molecule has 3 N–H and O–H groups in total. The number of fused-ring (bicyclic) bond motifs is 1. The molecule has 10 nitrogen and oxygen atoms in total. The Morgan fingerprint density at radius 3 is 2.34 bits per heavy atom. The van der Waals surface area contributed by atoms with Crippen LogP contribution in [-0.2, 0) is 11.8 Å². The van der Waals surface area contributed by atoms with Crippen molar-refractivity contribution in [3.8, 4) is 16.9 Å². The lowest BCUT2D eigenvalue weighted by Gasteiger charge is -2.12. The van der Waals surface area contributed by atoms with Crippen molar-refractivity contribution < 1.29 is 9.59 Å². The monoisotopic (exact) mass is 513 g/mol. The smallest absolute Gasteiger partial charge is 0.255 e. The van der Waals surface area contributed by atoms with E-state index >= 15 is 0 Å². The van der Waals surface area contributed by atoms with Crippen LogP contribution in [0.5, 0.6) is 0 Å². The van der Waals surface area contributed by atoms with Gasteiger partial charge in [-0.05, 0) is 58.1 Å². The summed E-state index contributed by atoms with van der Waals surface area (Å²) in [6.45, 7) is 7.90. The van der Waals surface area contributed by atoms with Crippen LogP contribution in [0.1, 0.15) is 30.1 Å². The fourth-order valence-electron chi connectivity index (χ4n) is 4.40. The van der Waals surface area contributed by atoms with Crippen LogP contribution < -0.4 is 16.6 Å². The van der Waals surface area contributed by atoms with E-state index in [1.165, 1.54) is 49.1 Å². The minimum absolute atomic E-state index is 0.226. The number of rotatable bonds is 5.